The summed E-state index contributed by atoms with van der Waals surface area (Å²) in [6, 6.07) is 16.3. The summed E-state index contributed by atoms with van der Waals surface area (Å²) in [5, 5.41) is 9.48. The molecule has 2 aromatic rings. The zero-order valence-electron chi connectivity index (χ0n) is 13.7. The van der Waals surface area contributed by atoms with E-state index >= 15 is 0 Å². The molecule has 5 nitrogen and oxygen atoms in total. The molecule has 0 bridgehead atoms. The van der Waals surface area contributed by atoms with Crippen LogP contribution in [0.4, 0.5) is 11.4 Å². The lowest BCUT2D eigenvalue weighted by molar-refractivity contribution is -0.110. The Hall–Kier alpha value is -2.82. The Morgan fingerprint density at radius 1 is 0.958 bits per heavy atom. The van der Waals surface area contributed by atoms with Crippen molar-refractivity contribution < 1.29 is 4.79 Å². The summed E-state index contributed by atoms with van der Waals surface area (Å²) in [6.45, 7) is 5.54. The molecule has 0 atom stereocenters. The molecule has 1 fully saturated rings. The molecule has 0 radical (unpaired) electrons. The summed E-state index contributed by atoms with van der Waals surface area (Å²) in [6.07, 6.45) is 0. The molecule has 122 valence electrons. The predicted molar refractivity (Wildman–Crippen MR) is 96.6 cm³/mol. The van der Waals surface area contributed by atoms with E-state index in [1.54, 1.807) is 0 Å². The minimum Gasteiger partial charge on any atom is -0.368 e. The van der Waals surface area contributed by atoms with Crippen LogP contribution >= 0.6 is 0 Å². The Kier molecular flexibility index (Phi) is 3.69. The predicted octanol–water partition coefficient (Wildman–Crippen LogP) is 2.47. The largest absolute Gasteiger partial charge is 0.368 e. The lowest BCUT2D eigenvalue weighted by Gasteiger charge is -2.34. The number of rotatable bonds is 2. The molecule has 4 rings (SSSR count). The van der Waals surface area contributed by atoms with Crippen LogP contribution < -0.4 is 10.2 Å². The third-order valence-corrected chi connectivity index (χ3v) is 4.54. The van der Waals surface area contributed by atoms with Gasteiger partial charge >= 0.3 is 0 Å². The van der Waals surface area contributed by atoms with Crippen LogP contribution in [0, 0.1) is 6.92 Å². The zero-order chi connectivity index (χ0) is 16.5. The van der Waals surface area contributed by atoms with Crippen LogP contribution in [0.15, 0.2) is 53.6 Å². The van der Waals surface area contributed by atoms with Crippen molar-refractivity contribution >= 4 is 23.0 Å². The molecule has 5 heteroatoms. The number of nitrogens with one attached hydrogen (secondary N) is 1. The maximum absolute atomic E-state index is 12.1. The number of anilines is 2. The average molecular weight is 320 g/mol. The molecule has 0 saturated carbocycles. The van der Waals surface area contributed by atoms with Crippen molar-refractivity contribution in [2.24, 2.45) is 5.10 Å². The fourth-order valence-corrected chi connectivity index (χ4v) is 3.15. The first kappa shape index (κ1) is 14.8. The van der Waals surface area contributed by atoms with Crippen LogP contribution in [0.1, 0.15) is 11.1 Å². The number of para-hydroxylation sites is 1. The normalized spacial score (nSPS) is 18.7. The Morgan fingerprint density at radius 3 is 2.42 bits per heavy atom. The number of fused-ring (bicyclic) bond motifs is 1. The molecule has 2 aromatic carbocycles. The number of hydrazone groups is 1. The van der Waals surface area contributed by atoms with E-state index in [9.17, 15) is 4.79 Å². The van der Waals surface area contributed by atoms with Gasteiger partial charge in [-0.05, 0) is 25.1 Å². The number of amides is 1. The molecule has 0 aliphatic carbocycles. The highest BCUT2D eigenvalue weighted by Gasteiger charge is 2.27. The van der Waals surface area contributed by atoms with E-state index in [2.05, 4.69) is 46.5 Å². The van der Waals surface area contributed by atoms with Gasteiger partial charge in [-0.1, -0.05) is 35.9 Å². The number of aryl methyl sites for hydroxylation is 1. The van der Waals surface area contributed by atoms with Crippen LogP contribution in [-0.4, -0.2) is 42.8 Å². The second-order valence-corrected chi connectivity index (χ2v) is 6.22. The Balaban J connectivity index is 1.47. The molecule has 24 heavy (non-hydrogen) atoms. The highest BCUT2D eigenvalue weighted by atomic mass is 16.2. The minimum absolute atomic E-state index is 0.114. The van der Waals surface area contributed by atoms with E-state index in [1.165, 1.54) is 11.3 Å². The number of carbonyl (C=O) groups is 1. The first-order chi connectivity index (χ1) is 11.7. The standard InChI is InChI=1S/C19H20N4O/c1-14-6-8-15(9-7-14)22-10-12-23(13-11-22)21-18-16-4-2-3-5-17(16)20-19(18)24/h2-9H,10-13H2,1H3,(H,20,21,24). The highest BCUT2D eigenvalue weighted by molar-refractivity contribution is 6.53. The lowest BCUT2D eigenvalue weighted by Crippen LogP contribution is -2.44. The fraction of sp³-hybridized carbons (Fsp3) is 0.263. The highest BCUT2D eigenvalue weighted by Crippen LogP contribution is 2.23. The lowest BCUT2D eigenvalue weighted by atomic mass is 10.1. The quantitative estimate of drug-likeness (QED) is 0.925. The van der Waals surface area contributed by atoms with Gasteiger partial charge in [-0.3, -0.25) is 9.80 Å². The van der Waals surface area contributed by atoms with E-state index in [1.807, 2.05) is 29.3 Å². The summed E-state index contributed by atoms with van der Waals surface area (Å²) in [7, 11) is 0. The van der Waals surface area contributed by atoms with Crippen LogP contribution in [0.5, 0.6) is 0 Å². The Bertz CT molecular complexity index is 789. The smallest absolute Gasteiger partial charge is 0.276 e. The van der Waals surface area contributed by atoms with Gasteiger partial charge in [0.2, 0.25) is 0 Å². The van der Waals surface area contributed by atoms with Crippen molar-refractivity contribution in [3.05, 3.63) is 59.7 Å². The molecular weight excluding hydrogens is 300 g/mol. The second kappa shape index (κ2) is 6.00. The molecule has 0 spiro atoms. The van der Waals surface area contributed by atoms with Gasteiger partial charge in [-0.15, -0.1) is 0 Å². The zero-order valence-corrected chi connectivity index (χ0v) is 13.7. The average Bonchev–Trinajstić information content (AvgIpc) is 2.92. The van der Waals surface area contributed by atoms with Crippen molar-refractivity contribution in [1.29, 1.82) is 0 Å². The number of carbonyl (C=O) groups excluding carboxylic acids is 1. The fourth-order valence-electron chi connectivity index (χ4n) is 3.15. The molecule has 1 saturated heterocycles. The first-order valence-corrected chi connectivity index (χ1v) is 8.26. The van der Waals surface area contributed by atoms with E-state index < -0.39 is 0 Å². The number of hydrogen-bond acceptors (Lipinski definition) is 4. The molecular formula is C19H20N4O. The third kappa shape index (κ3) is 2.73. The number of piperazine rings is 1. The molecule has 2 aliphatic rings. The van der Waals surface area contributed by atoms with Crippen LogP contribution in [0.2, 0.25) is 0 Å². The van der Waals surface area contributed by atoms with Gasteiger partial charge in [0, 0.05) is 24.3 Å². The molecule has 2 heterocycles. The summed E-state index contributed by atoms with van der Waals surface area (Å²) in [5.41, 5.74) is 4.78. The third-order valence-electron chi connectivity index (χ3n) is 4.54. The van der Waals surface area contributed by atoms with Crippen molar-refractivity contribution in [2.45, 2.75) is 6.92 Å². The second-order valence-electron chi connectivity index (χ2n) is 6.22. The van der Waals surface area contributed by atoms with E-state index in [0.29, 0.717) is 5.71 Å². The van der Waals surface area contributed by atoms with Crippen molar-refractivity contribution in [3.8, 4) is 0 Å². The van der Waals surface area contributed by atoms with Gasteiger partial charge in [0.15, 0.2) is 5.71 Å². The molecule has 0 aromatic heterocycles. The number of nitrogens with zero attached hydrogens (tertiary/aromatic N) is 3. The summed E-state index contributed by atoms with van der Waals surface area (Å²) in [5.74, 6) is -0.114. The monoisotopic (exact) mass is 320 g/mol. The van der Waals surface area contributed by atoms with Crippen molar-refractivity contribution in [1.82, 2.24) is 5.01 Å². The van der Waals surface area contributed by atoms with Gasteiger partial charge in [-0.2, -0.15) is 5.10 Å². The van der Waals surface area contributed by atoms with Gasteiger partial charge in [0.05, 0.1) is 18.8 Å². The molecule has 1 N–H and O–H groups in total. The van der Waals surface area contributed by atoms with Crippen molar-refractivity contribution in [3.63, 3.8) is 0 Å². The van der Waals surface area contributed by atoms with Crippen LogP contribution in [0.25, 0.3) is 0 Å². The topological polar surface area (TPSA) is 47.9 Å². The molecule has 0 unspecified atom stereocenters. The first-order valence-electron chi connectivity index (χ1n) is 8.26. The van der Waals surface area contributed by atoms with Gasteiger partial charge < -0.3 is 10.2 Å². The molecule has 2 aliphatic heterocycles. The van der Waals surface area contributed by atoms with E-state index in [4.69, 9.17) is 0 Å². The van der Waals surface area contributed by atoms with Gasteiger partial charge in [0.25, 0.3) is 5.91 Å². The van der Waals surface area contributed by atoms with Gasteiger partial charge in [-0.25, -0.2) is 0 Å². The van der Waals surface area contributed by atoms with E-state index in [0.717, 1.165) is 37.4 Å². The van der Waals surface area contributed by atoms with Crippen LogP contribution in [-0.2, 0) is 4.79 Å². The van der Waals surface area contributed by atoms with E-state index in [-0.39, 0.29) is 5.91 Å². The summed E-state index contributed by atoms with van der Waals surface area (Å²) >= 11 is 0. The molecule has 1 amide bonds. The van der Waals surface area contributed by atoms with Crippen LogP contribution in [0.3, 0.4) is 0 Å². The minimum atomic E-state index is -0.114. The Morgan fingerprint density at radius 2 is 1.67 bits per heavy atom. The maximum atomic E-state index is 12.1. The van der Waals surface area contributed by atoms with Crippen molar-refractivity contribution in [2.75, 3.05) is 36.4 Å². The summed E-state index contributed by atoms with van der Waals surface area (Å²) in [4.78, 5) is 14.5. The number of benzene rings is 2. The number of hydrogen-bond donors (Lipinski definition) is 1. The van der Waals surface area contributed by atoms with Gasteiger partial charge in [0.1, 0.15) is 0 Å². The maximum Gasteiger partial charge on any atom is 0.276 e. The Labute approximate surface area is 141 Å². The summed E-state index contributed by atoms with van der Waals surface area (Å²) < 4.78 is 0. The SMILES string of the molecule is Cc1ccc(N2CCN(/N=C3/C(=O)Nc4ccccc43)CC2)cc1.